The van der Waals surface area contributed by atoms with E-state index in [2.05, 4.69) is 67.6 Å². The van der Waals surface area contributed by atoms with Crippen LogP contribution in [0.2, 0.25) is 0 Å². The smallest absolute Gasteiger partial charge is 0.191 e. The van der Waals surface area contributed by atoms with E-state index in [1.165, 1.54) is 5.56 Å². The number of nitrogens with one attached hydrogen (secondary N) is 2. The van der Waals surface area contributed by atoms with Crippen LogP contribution < -0.4 is 10.6 Å². The number of halogens is 1. The Kier molecular flexibility index (Phi) is 10.5. The van der Waals surface area contributed by atoms with E-state index in [1.54, 1.807) is 0 Å². The molecule has 1 aromatic carbocycles. The molecule has 0 radical (unpaired) electrons. The van der Waals surface area contributed by atoms with Crippen molar-refractivity contribution in [1.29, 1.82) is 0 Å². The molecular formula is C16H28IN3. The van der Waals surface area contributed by atoms with Crippen LogP contribution in [-0.4, -0.2) is 25.1 Å². The molecule has 114 valence electrons. The third kappa shape index (κ3) is 7.12. The van der Waals surface area contributed by atoms with E-state index in [-0.39, 0.29) is 24.0 Å². The molecule has 0 heterocycles. The van der Waals surface area contributed by atoms with E-state index in [4.69, 9.17) is 0 Å². The molecule has 0 spiro atoms. The predicted octanol–water partition coefficient (Wildman–Crippen LogP) is 3.76. The molecule has 3 nitrogen and oxygen atoms in total. The maximum Gasteiger partial charge on any atom is 0.191 e. The lowest BCUT2D eigenvalue weighted by Crippen LogP contribution is -2.42. The van der Waals surface area contributed by atoms with Gasteiger partial charge in [-0.05, 0) is 25.8 Å². The van der Waals surface area contributed by atoms with Gasteiger partial charge in [0.1, 0.15) is 0 Å². The van der Waals surface area contributed by atoms with Crippen LogP contribution in [0.4, 0.5) is 0 Å². The molecule has 0 amide bonds. The minimum absolute atomic E-state index is 0. The third-order valence-corrected chi connectivity index (χ3v) is 3.23. The second-order valence-corrected chi connectivity index (χ2v) is 4.98. The molecule has 4 heteroatoms. The molecule has 0 aliphatic rings. The zero-order valence-electron chi connectivity index (χ0n) is 13.0. The Bertz CT molecular complexity index is 379. The quantitative estimate of drug-likeness (QED) is 0.442. The van der Waals surface area contributed by atoms with Gasteiger partial charge in [0.15, 0.2) is 5.96 Å². The van der Waals surface area contributed by atoms with Gasteiger partial charge in [-0.3, -0.25) is 4.99 Å². The topological polar surface area (TPSA) is 36.4 Å². The summed E-state index contributed by atoms with van der Waals surface area (Å²) in [5.41, 5.74) is 1.34. The normalized spacial score (nSPS) is 14.1. The molecule has 1 rings (SSSR count). The molecule has 20 heavy (non-hydrogen) atoms. The minimum atomic E-state index is 0. The lowest BCUT2D eigenvalue weighted by atomic mass is 10.0. The first-order chi connectivity index (χ1) is 9.17. The molecule has 2 N–H and O–H groups in total. The van der Waals surface area contributed by atoms with Crippen molar-refractivity contribution in [3.8, 4) is 0 Å². The van der Waals surface area contributed by atoms with E-state index in [0.29, 0.717) is 12.0 Å². The fourth-order valence-electron chi connectivity index (χ4n) is 1.77. The first-order valence-electron chi connectivity index (χ1n) is 7.27. The SMILES string of the molecule is CCNC(=NCC(C)c1ccccc1)NC(C)CC.I. The van der Waals surface area contributed by atoms with Gasteiger partial charge in [0.25, 0.3) is 0 Å². The molecule has 2 atom stereocenters. The summed E-state index contributed by atoms with van der Waals surface area (Å²) in [4.78, 5) is 4.67. The number of hydrogen-bond acceptors (Lipinski definition) is 1. The summed E-state index contributed by atoms with van der Waals surface area (Å²) in [5.74, 6) is 1.35. The lowest BCUT2D eigenvalue weighted by molar-refractivity contribution is 0.622. The summed E-state index contributed by atoms with van der Waals surface area (Å²) in [7, 11) is 0. The summed E-state index contributed by atoms with van der Waals surface area (Å²) in [6, 6.07) is 11.0. The standard InChI is InChI=1S/C16H27N3.HI/c1-5-14(4)19-16(17-6-2)18-12-13(3)15-10-8-7-9-11-15;/h7-11,13-14H,5-6,12H2,1-4H3,(H2,17,18,19);1H. The van der Waals surface area contributed by atoms with Crippen molar-refractivity contribution in [3.63, 3.8) is 0 Å². The summed E-state index contributed by atoms with van der Waals surface area (Å²) < 4.78 is 0. The van der Waals surface area contributed by atoms with Gasteiger partial charge in [0, 0.05) is 25.0 Å². The van der Waals surface area contributed by atoms with Crippen LogP contribution in [0, 0.1) is 0 Å². The molecule has 0 saturated carbocycles. The highest BCUT2D eigenvalue weighted by Crippen LogP contribution is 2.14. The second kappa shape index (κ2) is 10.9. The first-order valence-corrected chi connectivity index (χ1v) is 7.27. The van der Waals surface area contributed by atoms with Crippen LogP contribution in [0.5, 0.6) is 0 Å². The highest BCUT2D eigenvalue weighted by atomic mass is 127. The third-order valence-electron chi connectivity index (χ3n) is 3.23. The van der Waals surface area contributed by atoms with Crippen LogP contribution in [0.1, 0.15) is 45.6 Å². The van der Waals surface area contributed by atoms with E-state index in [1.807, 2.05) is 6.07 Å². The van der Waals surface area contributed by atoms with Gasteiger partial charge in [-0.15, -0.1) is 24.0 Å². The predicted molar refractivity (Wildman–Crippen MR) is 99.1 cm³/mol. The van der Waals surface area contributed by atoms with Crippen LogP contribution >= 0.6 is 24.0 Å². The van der Waals surface area contributed by atoms with E-state index in [9.17, 15) is 0 Å². The van der Waals surface area contributed by atoms with Crippen molar-refractivity contribution in [1.82, 2.24) is 10.6 Å². The highest BCUT2D eigenvalue weighted by molar-refractivity contribution is 14.0. The Balaban J connectivity index is 0.00000361. The van der Waals surface area contributed by atoms with Crippen molar-refractivity contribution in [3.05, 3.63) is 35.9 Å². The van der Waals surface area contributed by atoms with Crippen LogP contribution in [0.25, 0.3) is 0 Å². The summed E-state index contributed by atoms with van der Waals surface area (Å²) in [6.45, 7) is 10.3. The van der Waals surface area contributed by atoms with Crippen LogP contribution in [0.15, 0.2) is 35.3 Å². The Hall–Kier alpha value is -0.780. The maximum absolute atomic E-state index is 4.67. The number of nitrogens with zero attached hydrogens (tertiary/aromatic N) is 1. The largest absolute Gasteiger partial charge is 0.357 e. The zero-order chi connectivity index (χ0) is 14.1. The second-order valence-electron chi connectivity index (χ2n) is 4.98. The molecule has 1 aromatic rings. The zero-order valence-corrected chi connectivity index (χ0v) is 15.3. The van der Waals surface area contributed by atoms with Crippen molar-refractivity contribution in [2.75, 3.05) is 13.1 Å². The lowest BCUT2D eigenvalue weighted by Gasteiger charge is -2.17. The molecule has 0 bridgehead atoms. The Morgan fingerprint density at radius 2 is 1.80 bits per heavy atom. The fourth-order valence-corrected chi connectivity index (χ4v) is 1.77. The van der Waals surface area contributed by atoms with Crippen molar-refractivity contribution < 1.29 is 0 Å². The Labute approximate surface area is 140 Å². The van der Waals surface area contributed by atoms with Crippen molar-refractivity contribution >= 4 is 29.9 Å². The number of benzene rings is 1. The van der Waals surface area contributed by atoms with E-state index in [0.717, 1.165) is 25.5 Å². The number of rotatable bonds is 6. The average molecular weight is 389 g/mol. The van der Waals surface area contributed by atoms with Crippen LogP contribution in [-0.2, 0) is 0 Å². The molecule has 0 aliphatic heterocycles. The van der Waals surface area contributed by atoms with Gasteiger partial charge in [-0.25, -0.2) is 0 Å². The molecular weight excluding hydrogens is 361 g/mol. The van der Waals surface area contributed by atoms with E-state index < -0.39 is 0 Å². The van der Waals surface area contributed by atoms with Gasteiger partial charge >= 0.3 is 0 Å². The maximum atomic E-state index is 4.67. The van der Waals surface area contributed by atoms with Gasteiger partial charge in [-0.2, -0.15) is 0 Å². The number of hydrogen-bond donors (Lipinski definition) is 2. The minimum Gasteiger partial charge on any atom is -0.357 e. The first kappa shape index (κ1) is 19.2. The molecule has 0 saturated heterocycles. The number of aliphatic imine (C=N–C) groups is 1. The van der Waals surface area contributed by atoms with Crippen LogP contribution in [0.3, 0.4) is 0 Å². The highest BCUT2D eigenvalue weighted by Gasteiger charge is 2.06. The van der Waals surface area contributed by atoms with Crippen molar-refractivity contribution in [2.24, 2.45) is 4.99 Å². The molecule has 0 fully saturated rings. The Morgan fingerprint density at radius 3 is 2.35 bits per heavy atom. The summed E-state index contributed by atoms with van der Waals surface area (Å²) in [6.07, 6.45) is 1.10. The Morgan fingerprint density at radius 1 is 1.15 bits per heavy atom. The number of guanidine groups is 1. The molecule has 2 unspecified atom stereocenters. The van der Waals surface area contributed by atoms with Gasteiger partial charge < -0.3 is 10.6 Å². The summed E-state index contributed by atoms with van der Waals surface area (Å²) in [5, 5.41) is 6.71. The van der Waals surface area contributed by atoms with E-state index >= 15 is 0 Å². The fraction of sp³-hybridized carbons (Fsp3) is 0.562. The molecule has 0 aromatic heterocycles. The monoisotopic (exact) mass is 389 g/mol. The van der Waals surface area contributed by atoms with Gasteiger partial charge in [-0.1, -0.05) is 44.2 Å². The molecule has 0 aliphatic carbocycles. The average Bonchev–Trinajstić information content (AvgIpc) is 2.45. The van der Waals surface area contributed by atoms with Gasteiger partial charge in [0.2, 0.25) is 0 Å². The summed E-state index contributed by atoms with van der Waals surface area (Å²) >= 11 is 0. The van der Waals surface area contributed by atoms with Gasteiger partial charge in [0.05, 0.1) is 0 Å². The van der Waals surface area contributed by atoms with Crippen molar-refractivity contribution in [2.45, 2.75) is 46.1 Å².